The number of pyridine rings is 1. The van der Waals surface area contributed by atoms with Crippen LogP contribution in [0.25, 0.3) is 0 Å². The fourth-order valence-corrected chi connectivity index (χ4v) is 2.87. The number of methoxy groups -OCH3 is 1. The molecule has 2 rings (SSSR count). The van der Waals surface area contributed by atoms with Crippen molar-refractivity contribution < 1.29 is 4.74 Å². The van der Waals surface area contributed by atoms with Crippen LogP contribution in [0, 0.1) is 12.8 Å². The maximum atomic E-state index is 5.18. The van der Waals surface area contributed by atoms with Gasteiger partial charge in [0.2, 0.25) is 5.88 Å². The third kappa shape index (κ3) is 2.83. The molecule has 1 aliphatic heterocycles. The van der Waals surface area contributed by atoms with Crippen molar-refractivity contribution in [3.8, 4) is 5.88 Å². The number of aromatic nitrogens is 1. The first kappa shape index (κ1) is 13.3. The van der Waals surface area contributed by atoms with Crippen molar-refractivity contribution in [2.45, 2.75) is 39.7 Å². The van der Waals surface area contributed by atoms with Gasteiger partial charge in [-0.3, -0.25) is 4.90 Å². The second-order valence-electron chi connectivity index (χ2n) is 5.63. The Morgan fingerprint density at radius 1 is 1.50 bits per heavy atom. The normalized spacial score (nSPS) is 20.6. The van der Waals surface area contributed by atoms with E-state index >= 15 is 0 Å². The number of nitrogens with zero attached hydrogens (tertiary/aromatic N) is 2. The molecule has 3 nitrogen and oxygen atoms in total. The van der Waals surface area contributed by atoms with Crippen LogP contribution in [0.2, 0.25) is 0 Å². The molecule has 18 heavy (non-hydrogen) atoms. The summed E-state index contributed by atoms with van der Waals surface area (Å²) in [6.45, 7) is 9.12. The first-order chi connectivity index (χ1) is 8.61. The fraction of sp³-hybridized carbons (Fsp3) is 0.667. The van der Waals surface area contributed by atoms with E-state index in [1.807, 2.05) is 12.3 Å². The van der Waals surface area contributed by atoms with E-state index in [2.05, 4.69) is 30.7 Å². The van der Waals surface area contributed by atoms with Gasteiger partial charge in [0, 0.05) is 24.8 Å². The first-order valence-electron chi connectivity index (χ1n) is 6.86. The van der Waals surface area contributed by atoms with E-state index in [0.29, 0.717) is 11.9 Å². The number of ether oxygens (including phenoxy) is 1. The summed E-state index contributed by atoms with van der Waals surface area (Å²) in [7, 11) is 1.67. The van der Waals surface area contributed by atoms with Gasteiger partial charge in [-0.2, -0.15) is 0 Å². The van der Waals surface area contributed by atoms with Crippen LogP contribution in [-0.2, 0) is 0 Å². The van der Waals surface area contributed by atoms with Crippen molar-refractivity contribution in [1.82, 2.24) is 9.88 Å². The summed E-state index contributed by atoms with van der Waals surface area (Å²) in [5.74, 6) is 1.43. The molecule has 0 bridgehead atoms. The fourth-order valence-electron chi connectivity index (χ4n) is 2.87. The highest BCUT2D eigenvalue weighted by atomic mass is 16.5. The molecule has 0 amide bonds. The zero-order valence-electron chi connectivity index (χ0n) is 11.9. The minimum Gasteiger partial charge on any atom is -0.481 e. The quantitative estimate of drug-likeness (QED) is 0.818. The van der Waals surface area contributed by atoms with Crippen LogP contribution in [0.4, 0.5) is 0 Å². The monoisotopic (exact) mass is 248 g/mol. The van der Waals surface area contributed by atoms with Gasteiger partial charge >= 0.3 is 0 Å². The molecule has 1 aliphatic rings. The zero-order chi connectivity index (χ0) is 13.1. The van der Waals surface area contributed by atoms with E-state index in [1.54, 1.807) is 7.11 Å². The number of hydrogen-bond acceptors (Lipinski definition) is 3. The van der Waals surface area contributed by atoms with Crippen molar-refractivity contribution in [3.63, 3.8) is 0 Å². The van der Waals surface area contributed by atoms with Crippen LogP contribution in [0.1, 0.15) is 43.9 Å². The van der Waals surface area contributed by atoms with E-state index < -0.39 is 0 Å². The van der Waals surface area contributed by atoms with Gasteiger partial charge in [0.05, 0.1) is 7.11 Å². The Kier molecular flexibility index (Phi) is 4.23. The minimum absolute atomic E-state index is 0.547. The molecule has 1 fully saturated rings. The Morgan fingerprint density at radius 3 is 2.89 bits per heavy atom. The van der Waals surface area contributed by atoms with Crippen molar-refractivity contribution in [3.05, 3.63) is 23.4 Å². The summed E-state index contributed by atoms with van der Waals surface area (Å²) in [5, 5.41) is 0. The lowest BCUT2D eigenvalue weighted by Crippen LogP contribution is -2.27. The zero-order valence-corrected chi connectivity index (χ0v) is 11.9. The molecule has 1 atom stereocenters. The van der Waals surface area contributed by atoms with Gasteiger partial charge in [-0.15, -0.1) is 0 Å². The van der Waals surface area contributed by atoms with E-state index in [9.17, 15) is 0 Å². The minimum atomic E-state index is 0.547. The van der Waals surface area contributed by atoms with E-state index in [1.165, 1.54) is 37.1 Å². The van der Waals surface area contributed by atoms with Gasteiger partial charge in [0.1, 0.15) is 0 Å². The van der Waals surface area contributed by atoms with Gasteiger partial charge in [-0.25, -0.2) is 4.98 Å². The summed E-state index contributed by atoms with van der Waals surface area (Å²) in [5.41, 5.74) is 2.66. The molecule has 2 heterocycles. The standard InChI is InChI=1S/C15H24N2O/c1-11(2)10-17-7-5-6-14(17)13-9-16-15(18-4)8-12(13)3/h8-9,11,14H,5-7,10H2,1-4H3/t14-/m1/s1. The van der Waals surface area contributed by atoms with Gasteiger partial charge in [0.15, 0.2) is 0 Å². The second-order valence-corrected chi connectivity index (χ2v) is 5.63. The molecule has 3 heteroatoms. The topological polar surface area (TPSA) is 25.4 Å². The van der Waals surface area contributed by atoms with Crippen LogP contribution in [0.5, 0.6) is 5.88 Å². The van der Waals surface area contributed by atoms with Crippen molar-refractivity contribution >= 4 is 0 Å². The third-order valence-corrected chi connectivity index (χ3v) is 3.66. The summed E-state index contributed by atoms with van der Waals surface area (Å²) in [6, 6.07) is 2.59. The first-order valence-corrected chi connectivity index (χ1v) is 6.86. The van der Waals surface area contributed by atoms with Crippen molar-refractivity contribution in [2.75, 3.05) is 20.2 Å². The molecule has 0 saturated carbocycles. The van der Waals surface area contributed by atoms with Gasteiger partial charge in [-0.1, -0.05) is 13.8 Å². The Labute approximate surface area is 110 Å². The molecule has 0 spiro atoms. The SMILES string of the molecule is COc1cc(C)c([C@H]2CCCN2CC(C)C)cn1. The molecule has 0 radical (unpaired) electrons. The van der Waals surface area contributed by atoms with Gasteiger partial charge < -0.3 is 4.74 Å². The summed E-state index contributed by atoms with van der Waals surface area (Å²) in [4.78, 5) is 6.97. The maximum absolute atomic E-state index is 5.18. The van der Waals surface area contributed by atoms with Crippen LogP contribution in [0.3, 0.4) is 0 Å². The number of aryl methyl sites for hydroxylation is 1. The smallest absolute Gasteiger partial charge is 0.213 e. The molecule has 0 N–H and O–H groups in total. The highest BCUT2D eigenvalue weighted by molar-refractivity contribution is 5.31. The highest BCUT2D eigenvalue weighted by Crippen LogP contribution is 2.34. The average Bonchev–Trinajstić information content (AvgIpc) is 2.76. The Balaban J connectivity index is 2.19. The summed E-state index contributed by atoms with van der Waals surface area (Å²) >= 11 is 0. The predicted octanol–water partition coefficient (Wildman–Crippen LogP) is 3.19. The molecule has 1 aromatic rings. The van der Waals surface area contributed by atoms with Crippen LogP contribution >= 0.6 is 0 Å². The average molecular weight is 248 g/mol. The predicted molar refractivity (Wildman–Crippen MR) is 73.9 cm³/mol. The van der Waals surface area contributed by atoms with E-state index in [0.717, 1.165) is 5.92 Å². The lowest BCUT2D eigenvalue weighted by Gasteiger charge is -2.27. The Morgan fingerprint density at radius 2 is 2.28 bits per heavy atom. The maximum Gasteiger partial charge on any atom is 0.213 e. The van der Waals surface area contributed by atoms with Gasteiger partial charge in [-0.05, 0) is 43.4 Å². The van der Waals surface area contributed by atoms with Crippen LogP contribution < -0.4 is 4.74 Å². The van der Waals surface area contributed by atoms with Crippen molar-refractivity contribution in [2.24, 2.45) is 5.92 Å². The Bertz CT molecular complexity index is 403. The molecule has 100 valence electrons. The van der Waals surface area contributed by atoms with E-state index in [4.69, 9.17) is 4.74 Å². The summed E-state index contributed by atoms with van der Waals surface area (Å²) < 4.78 is 5.18. The highest BCUT2D eigenvalue weighted by Gasteiger charge is 2.27. The second kappa shape index (κ2) is 5.70. The number of likely N-dealkylation sites (tertiary alicyclic amines) is 1. The molecule has 0 unspecified atom stereocenters. The molecule has 0 aromatic carbocycles. The molecule has 1 saturated heterocycles. The van der Waals surface area contributed by atoms with Crippen molar-refractivity contribution in [1.29, 1.82) is 0 Å². The molecule has 0 aliphatic carbocycles. The van der Waals surface area contributed by atoms with Gasteiger partial charge in [0.25, 0.3) is 0 Å². The summed E-state index contributed by atoms with van der Waals surface area (Å²) in [6.07, 6.45) is 4.54. The third-order valence-electron chi connectivity index (χ3n) is 3.66. The number of hydrogen-bond donors (Lipinski definition) is 0. The lowest BCUT2D eigenvalue weighted by atomic mass is 10.0. The lowest BCUT2D eigenvalue weighted by molar-refractivity contribution is 0.228. The molecule has 1 aromatic heterocycles. The van der Waals surface area contributed by atoms with Crippen LogP contribution in [0.15, 0.2) is 12.3 Å². The Hall–Kier alpha value is -1.09. The van der Waals surface area contributed by atoms with Crippen LogP contribution in [-0.4, -0.2) is 30.1 Å². The molecular weight excluding hydrogens is 224 g/mol. The largest absolute Gasteiger partial charge is 0.481 e. The number of rotatable bonds is 4. The van der Waals surface area contributed by atoms with E-state index in [-0.39, 0.29) is 0 Å². The molecular formula is C15H24N2O.